The highest BCUT2D eigenvalue weighted by molar-refractivity contribution is 7.92. The van der Waals surface area contributed by atoms with Gasteiger partial charge in [-0.3, -0.25) is 9.10 Å². The minimum atomic E-state index is -3.66. The highest BCUT2D eigenvalue weighted by Crippen LogP contribution is 2.44. The smallest absolute Gasteiger partial charge is 0.264 e. The van der Waals surface area contributed by atoms with Gasteiger partial charge in [0, 0.05) is 13.1 Å². The van der Waals surface area contributed by atoms with Gasteiger partial charge in [-0.05, 0) is 67.5 Å². The van der Waals surface area contributed by atoms with Crippen LogP contribution in [-0.2, 0) is 27.7 Å². The molecule has 0 N–H and O–H groups in total. The molecule has 0 saturated carbocycles. The summed E-state index contributed by atoms with van der Waals surface area (Å²) in [6.07, 6.45) is 3.41. The van der Waals surface area contributed by atoms with E-state index in [1.807, 2.05) is 36.1 Å². The number of nitrogens with zero attached hydrogens (tertiary/aromatic N) is 2. The van der Waals surface area contributed by atoms with Gasteiger partial charge in [0.15, 0.2) is 0 Å². The molecule has 0 spiro atoms. The minimum Gasteiger partial charge on any atom is -0.311 e. The van der Waals surface area contributed by atoms with Crippen molar-refractivity contribution in [3.63, 3.8) is 0 Å². The molecule has 27 heavy (non-hydrogen) atoms. The number of carbonyl (C=O) groups excluding carboxylic acids is 1. The maximum atomic E-state index is 13.5. The van der Waals surface area contributed by atoms with Crippen LogP contribution in [0.3, 0.4) is 0 Å². The predicted molar refractivity (Wildman–Crippen MR) is 105 cm³/mol. The van der Waals surface area contributed by atoms with Gasteiger partial charge in [0.2, 0.25) is 5.91 Å². The molecule has 1 atom stereocenters. The monoisotopic (exact) mass is 382 g/mol. The molecule has 140 valence electrons. The Morgan fingerprint density at radius 3 is 2.59 bits per heavy atom. The Hall–Kier alpha value is -2.34. The lowest BCUT2D eigenvalue weighted by Crippen LogP contribution is -2.35. The SMILES string of the molecule is C[C@H]1C(=O)N2CCCc3cc(S(=O)(=O)N4CCCc5ccccc54)cc1c32. The number of anilines is 2. The molecular weight excluding hydrogens is 360 g/mol. The number of fused-ring (bicyclic) bond motifs is 1. The molecule has 5 rings (SSSR count). The molecule has 2 aromatic rings. The molecule has 0 bridgehead atoms. The summed E-state index contributed by atoms with van der Waals surface area (Å²) in [4.78, 5) is 14.7. The molecule has 5 nitrogen and oxygen atoms in total. The Morgan fingerprint density at radius 1 is 1.00 bits per heavy atom. The fraction of sp³-hybridized carbons (Fsp3) is 0.381. The quantitative estimate of drug-likeness (QED) is 0.801. The molecule has 0 aliphatic carbocycles. The first kappa shape index (κ1) is 16.8. The molecule has 0 fully saturated rings. The van der Waals surface area contributed by atoms with E-state index in [1.165, 1.54) is 0 Å². The van der Waals surface area contributed by atoms with E-state index < -0.39 is 10.0 Å². The second-order valence-electron chi connectivity index (χ2n) is 7.64. The van der Waals surface area contributed by atoms with E-state index in [0.717, 1.165) is 60.3 Å². The first-order valence-electron chi connectivity index (χ1n) is 9.57. The molecule has 0 unspecified atom stereocenters. The summed E-state index contributed by atoms with van der Waals surface area (Å²) < 4.78 is 28.6. The number of benzene rings is 2. The van der Waals surface area contributed by atoms with Crippen LogP contribution in [0.5, 0.6) is 0 Å². The third-order valence-electron chi connectivity index (χ3n) is 6.05. The van der Waals surface area contributed by atoms with Crippen LogP contribution >= 0.6 is 0 Å². The van der Waals surface area contributed by atoms with Crippen molar-refractivity contribution in [2.75, 3.05) is 22.3 Å². The number of sulfonamides is 1. The lowest BCUT2D eigenvalue weighted by atomic mass is 9.97. The Labute approximate surface area is 159 Å². The van der Waals surface area contributed by atoms with Crippen LogP contribution in [0.4, 0.5) is 11.4 Å². The molecule has 0 radical (unpaired) electrons. The van der Waals surface area contributed by atoms with Crippen LogP contribution in [0.2, 0.25) is 0 Å². The van der Waals surface area contributed by atoms with Crippen molar-refractivity contribution in [2.24, 2.45) is 0 Å². The molecule has 1 amide bonds. The van der Waals surface area contributed by atoms with Gasteiger partial charge >= 0.3 is 0 Å². The lowest BCUT2D eigenvalue weighted by Gasteiger charge is -2.31. The normalized spacial score (nSPS) is 21.2. The molecule has 2 aromatic carbocycles. The van der Waals surface area contributed by atoms with Gasteiger partial charge in [-0.1, -0.05) is 18.2 Å². The molecule has 3 heterocycles. The van der Waals surface area contributed by atoms with Gasteiger partial charge in [-0.2, -0.15) is 0 Å². The fourth-order valence-corrected chi connectivity index (χ4v) is 6.32. The predicted octanol–water partition coefficient (Wildman–Crippen LogP) is 3.22. The second-order valence-corrected chi connectivity index (χ2v) is 9.51. The second kappa shape index (κ2) is 5.83. The van der Waals surface area contributed by atoms with Gasteiger partial charge in [0.25, 0.3) is 10.0 Å². The Morgan fingerprint density at radius 2 is 1.74 bits per heavy atom. The highest BCUT2D eigenvalue weighted by Gasteiger charge is 2.40. The summed E-state index contributed by atoms with van der Waals surface area (Å²) >= 11 is 0. The summed E-state index contributed by atoms with van der Waals surface area (Å²) in [5, 5.41) is 0. The molecule has 3 aliphatic heterocycles. The van der Waals surface area contributed by atoms with Gasteiger partial charge < -0.3 is 4.90 Å². The topological polar surface area (TPSA) is 57.7 Å². The molecule has 3 aliphatic rings. The van der Waals surface area contributed by atoms with Crippen molar-refractivity contribution in [1.82, 2.24) is 0 Å². The lowest BCUT2D eigenvalue weighted by molar-refractivity contribution is -0.119. The van der Waals surface area contributed by atoms with E-state index in [9.17, 15) is 13.2 Å². The van der Waals surface area contributed by atoms with E-state index in [4.69, 9.17) is 0 Å². The number of amides is 1. The van der Waals surface area contributed by atoms with Crippen LogP contribution in [0.1, 0.15) is 42.4 Å². The number of aryl methyl sites for hydroxylation is 2. The number of rotatable bonds is 2. The zero-order chi connectivity index (χ0) is 18.8. The van der Waals surface area contributed by atoms with Crippen molar-refractivity contribution < 1.29 is 13.2 Å². The van der Waals surface area contributed by atoms with Gasteiger partial charge in [-0.15, -0.1) is 0 Å². The number of carbonyl (C=O) groups is 1. The molecule has 0 saturated heterocycles. The van der Waals surface area contributed by atoms with Crippen molar-refractivity contribution in [3.8, 4) is 0 Å². The average molecular weight is 382 g/mol. The summed E-state index contributed by atoms with van der Waals surface area (Å²) in [6, 6.07) is 11.3. The van der Waals surface area contributed by atoms with Crippen molar-refractivity contribution in [3.05, 3.63) is 53.1 Å². The van der Waals surface area contributed by atoms with Crippen LogP contribution in [-0.4, -0.2) is 27.4 Å². The van der Waals surface area contributed by atoms with E-state index in [-0.39, 0.29) is 11.8 Å². The Kier molecular flexibility index (Phi) is 3.63. The maximum Gasteiger partial charge on any atom is 0.264 e. The Balaban J connectivity index is 1.65. The molecular formula is C21H22N2O3S. The van der Waals surface area contributed by atoms with Crippen LogP contribution in [0, 0.1) is 0 Å². The van der Waals surface area contributed by atoms with E-state index in [0.29, 0.717) is 11.4 Å². The zero-order valence-corrected chi connectivity index (χ0v) is 16.1. The summed E-state index contributed by atoms with van der Waals surface area (Å²) in [5.74, 6) is -0.190. The van der Waals surface area contributed by atoms with Gasteiger partial charge in [0.05, 0.1) is 22.2 Å². The zero-order valence-electron chi connectivity index (χ0n) is 15.3. The van der Waals surface area contributed by atoms with Crippen LogP contribution in [0.15, 0.2) is 41.3 Å². The first-order valence-corrected chi connectivity index (χ1v) is 11.0. The first-order chi connectivity index (χ1) is 13.0. The van der Waals surface area contributed by atoms with Gasteiger partial charge in [-0.25, -0.2) is 8.42 Å². The van der Waals surface area contributed by atoms with Crippen molar-refractivity contribution in [2.45, 2.75) is 43.4 Å². The molecule has 6 heteroatoms. The molecule has 0 aromatic heterocycles. The maximum absolute atomic E-state index is 13.5. The number of hydrogen-bond acceptors (Lipinski definition) is 3. The van der Waals surface area contributed by atoms with Crippen molar-refractivity contribution in [1.29, 1.82) is 0 Å². The van der Waals surface area contributed by atoms with E-state index >= 15 is 0 Å². The van der Waals surface area contributed by atoms with Crippen LogP contribution < -0.4 is 9.21 Å². The number of hydrogen-bond donors (Lipinski definition) is 0. The number of para-hydroxylation sites is 1. The van der Waals surface area contributed by atoms with Crippen molar-refractivity contribution >= 4 is 27.3 Å². The van der Waals surface area contributed by atoms with Gasteiger partial charge in [0.1, 0.15) is 0 Å². The average Bonchev–Trinajstić information content (AvgIpc) is 2.94. The minimum absolute atomic E-state index is 0.0869. The van der Waals surface area contributed by atoms with E-state index in [1.54, 1.807) is 16.4 Å². The summed E-state index contributed by atoms with van der Waals surface area (Å²) in [7, 11) is -3.66. The summed E-state index contributed by atoms with van der Waals surface area (Å²) in [6.45, 7) is 3.10. The third kappa shape index (κ3) is 2.35. The summed E-state index contributed by atoms with van der Waals surface area (Å²) in [5.41, 5.74) is 4.66. The Bertz CT molecular complexity index is 1060. The van der Waals surface area contributed by atoms with Crippen LogP contribution in [0.25, 0.3) is 0 Å². The largest absolute Gasteiger partial charge is 0.311 e. The fourth-order valence-electron chi connectivity index (χ4n) is 4.69. The standard InChI is InChI=1S/C21H22N2O3S/c1-14-18-13-17(12-16-8-4-10-22(20(16)18)21(14)24)27(25,26)23-11-5-7-15-6-2-3-9-19(15)23/h2-3,6,9,12-14H,4-5,7-8,10-11H2,1H3/t14-/m1/s1. The highest BCUT2D eigenvalue weighted by atomic mass is 32.2. The third-order valence-corrected chi connectivity index (χ3v) is 7.84. The van der Waals surface area contributed by atoms with E-state index in [2.05, 4.69) is 0 Å².